The van der Waals surface area contributed by atoms with Gasteiger partial charge < -0.3 is 15.3 Å². The molecule has 1 saturated heterocycles. The van der Waals surface area contributed by atoms with Crippen molar-refractivity contribution in [3.8, 4) is 0 Å². The van der Waals surface area contributed by atoms with Crippen LogP contribution in [-0.2, 0) is 6.54 Å². The van der Waals surface area contributed by atoms with Crippen LogP contribution in [0.3, 0.4) is 0 Å². The number of aliphatic hydroxyl groups excluding tert-OH is 1. The van der Waals surface area contributed by atoms with Crippen molar-refractivity contribution in [2.24, 2.45) is 17.8 Å². The third kappa shape index (κ3) is 3.38. The third-order valence-electron chi connectivity index (χ3n) is 4.83. The van der Waals surface area contributed by atoms with Crippen molar-refractivity contribution in [3.63, 3.8) is 0 Å². The van der Waals surface area contributed by atoms with Crippen molar-refractivity contribution < 1.29 is 5.11 Å². The van der Waals surface area contributed by atoms with Crippen molar-refractivity contribution in [1.82, 2.24) is 10.3 Å². The predicted molar refractivity (Wildman–Crippen MR) is 85.2 cm³/mol. The molecule has 0 aromatic carbocycles. The van der Waals surface area contributed by atoms with Gasteiger partial charge in [-0.2, -0.15) is 0 Å². The van der Waals surface area contributed by atoms with Crippen LogP contribution in [0.5, 0.6) is 0 Å². The molecule has 1 aliphatic heterocycles. The van der Waals surface area contributed by atoms with Crippen molar-refractivity contribution >= 4 is 5.82 Å². The van der Waals surface area contributed by atoms with E-state index in [-0.39, 0.29) is 6.10 Å². The van der Waals surface area contributed by atoms with Gasteiger partial charge in [-0.25, -0.2) is 4.98 Å². The van der Waals surface area contributed by atoms with Gasteiger partial charge in [0, 0.05) is 31.7 Å². The highest BCUT2D eigenvalue weighted by Gasteiger charge is 2.42. The van der Waals surface area contributed by atoms with E-state index in [2.05, 4.69) is 41.2 Å². The monoisotopic (exact) mass is 289 g/mol. The topological polar surface area (TPSA) is 48.4 Å². The van der Waals surface area contributed by atoms with E-state index in [1.807, 2.05) is 6.20 Å². The number of nitrogens with one attached hydrogen (secondary N) is 1. The summed E-state index contributed by atoms with van der Waals surface area (Å²) in [6, 6.07) is 4.29. The first-order valence-electron chi connectivity index (χ1n) is 8.22. The summed E-state index contributed by atoms with van der Waals surface area (Å²) in [5.41, 5.74) is 1.24. The molecule has 0 bridgehead atoms. The van der Waals surface area contributed by atoms with Crippen molar-refractivity contribution in [2.45, 2.75) is 39.3 Å². The largest absolute Gasteiger partial charge is 0.393 e. The molecule has 3 atom stereocenters. The van der Waals surface area contributed by atoms with Gasteiger partial charge in [-0.05, 0) is 42.9 Å². The zero-order chi connectivity index (χ0) is 14.8. The lowest BCUT2D eigenvalue weighted by Gasteiger charge is -2.19. The van der Waals surface area contributed by atoms with Gasteiger partial charge >= 0.3 is 0 Å². The van der Waals surface area contributed by atoms with Crippen LogP contribution in [0.4, 0.5) is 5.82 Å². The van der Waals surface area contributed by atoms with E-state index in [1.165, 1.54) is 12.0 Å². The average Bonchev–Trinajstić information content (AvgIpc) is 3.02. The van der Waals surface area contributed by atoms with Crippen LogP contribution in [0, 0.1) is 17.8 Å². The lowest BCUT2D eigenvalue weighted by Crippen LogP contribution is -2.25. The number of anilines is 1. The summed E-state index contributed by atoms with van der Waals surface area (Å²) in [6.07, 6.45) is 4.03. The number of hydrogen-bond acceptors (Lipinski definition) is 4. The molecule has 4 heteroatoms. The van der Waals surface area contributed by atoms with E-state index in [1.54, 1.807) is 0 Å². The molecule has 1 aromatic rings. The molecule has 1 aromatic heterocycles. The lowest BCUT2D eigenvalue weighted by atomic mass is 10.00. The van der Waals surface area contributed by atoms with Crippen LogP contribution in [0.25, 0.3) is 0 Å². The van der Waals surface area contributed by atoms with Crippen molar-refractivity contribution in [1.29, 1.82) is 0 Å². The summed E-state index contributed by atoms with van der Waals surface area (Å²) in [7, 11) is 0. The summed E-state index contributed by atoms with van der Waals surface area (Å²) < 4.78 is 0. The molecule has 2 heterocycles. The number of pyridine rings is 1. The first-order valence-corrected chi connectivity index (χ1v) is 8.22. The Morgan fingerprint density at radius 1 is 1.33 bits per heavy atom. The Bertz CT molecular complexity index is 460. The van der Waals surface area contributed by atoms with Gasteiger partial charge in [0.2, 0.25) is 0 Å². The van der Waals surface area contributed by atoms with E-state index in [0.717, 1.165) is 38.4 Å². The minimum Gasteiger partial charge on any atom is -0.393 e. The van der Waals surface area contributed by atoms with Crippen LogP contribution in [0.1, 0.15) is 32.3 Å². The maximum absolute atomic E-state index is 9.99. The molecule has 0 spiro atoms. The Labute approximate surface area is 127 Å². The molecular weight excluding hydrogens is 262 g/mol. The Kier molecular flexibility index (Phi) is 4.45. The van der Waals surface area contributed by atoms with Crippen LogP contribution < -0.4 is 10.2 Å². The molecule has 2 fully saturated rings. The summed E-state index contributed by atoms with van der Waals surface area (Å²) in [5.74, 6) is 2.85. The van der Waals surface area contributed by atoms with E-state index in [0.29, 0.717) is 17.8 Å². The number of aromatic nitrogens is 1. The molecule has 2 aliphatic rings. The lowest BCUT2D eigenvalue weighted by molar-refractivity contribution is 0.133. The molecule has 1 saturated carbocycles. The van der Waals surface area contributed by atoms with Gasteiger partial charge in [0.05, 0.1) is 6.10 Å². The molecule has 4 nitrogen and oxygen atoms in total. The minimum absolute atomic E-state index is 0.0977. The molecule has 2 N–H and O–H groups in total. The molecule has 0 amide bonds. The molecule has 116 valence electrons. The Morgan fingerprint density at radius 2 is 2.19 bits per heavy atom. The first kappa shape index (κ1) is 14.8. The Morgan fingerprint density at radius 3 is 2.86 bits per heavy atom. The van der Waals surface area contributed by atoms with Gasteiger partial charge in [-0.3, -0.25) is 0 Å². The zero-order valence-corrected chi connectivity index (χ0v) is 13.1. The second kappa shape index (κ2) is 6.32. The van der Waals surface area contributed by atoms with Crippen LogP contribution in [0.2, 0.25) is 0 Å². The van der Waals surface area contributed by atoms with Gasteiger partial charge in [-0.15, -0.1) is 0 Å². The highest BCUT2D eigenvalue weighted by Crippen LogP contribution is 2.39. The van der Waals surface area contributed by atoms with E-state index in [4.69, 9.17) is 0 Å². The SMILES string of the molecule is CC(C)CNCc1ccc(N2CC3CCC(O)C3C2)nc1. The molecule has 0 radical (unpaired) electrons. The zero-order valence-electron chi connectivity index (χ0n) is 13.1. The fourth-order valence-electron chi connectivity index (χ4n) is 3.64. The first-order chi connectivity index (χ1) is 10.1. The third-order valence-corrected chi connectivity index (χ3v) is 4.83. The highest BCUT2D eigenvalue weighted by atomic mass is 16.3. The maximum atomic E-state index is 9.99. The van der Waals surface area contributed by atoms with E-state index < -0.39 is 0 Å². The second-order valence-corrected chi connectivity index (χ2v) is 7.02. The minimum atomic E-state index is -0.0977. The van der Waals surface area contributed by atoms with E-state index >= 15 is 0 Å². The fraction of sp³-hybridized carbons (Fsp3) is 0.706. The number of fused-ring (bicyclic) bond motifs is 1. The highest BCUT2D eigenvalue weighted by molar-refractivity contribution is 5.41. The predicted octanol–water partition coefficient (Wildman–Crippen LogP) is 2.03. The molecule has 3 unspecified atom stereocenters. The quantitative estimate of drug-likeness (QED) is 0.871. The number of aliphatic hydroxyl groups is 1. The van der Waals surface area contributed by atoms with Crippen LogP contribution >= 0.6 is 0 Å². The normalized spacial score (nSPS) is 28.4. The summed E-state index contributed by atoms with van der Waals surface area (Å²) in [5, 5.41) is 13.4. The number of nitrogens with zero attached hydrogens (tertiary/aromatic N) is 2. The maximum Gasteiger partial charge on any atom is 0.128 e. The van der Waals surface area contributed by atoms with Crippen LogP contribution in [0.15, 0.2) is 18.3 Å². The summed E-state index contributed by atoms with van der Waals surface area (Å²) in [6.45, 7) is 8.37. The van der Waals surface area contributed by atoms with Crippen LogP contribution in [-0.4, -0.2) is 35.8 Å². The van der Waals surface area contributed by atoms with Crippen molar-refractivity contribution in [3.05, 3.63) is 23.9 Å². The molecule has 1 aliphatic carbocycles. The van der Waals surface area contributed by atoms with E-state index in [9.17, 15) is 5.11 Å². The van der Waals surface area contributed by atoms with Gasteiger partial charge in [-0.1, -0.05) is 19.9 Å². The smallest absolute Gasteiger partial charge is 0.128 e. The standard InChI is InChI=1S/C17H27N3O/c1-12(2)7-18-8-13-3-6-17(19-9-13)20-10-14-4-5-16(21)15(14)11-20/h3,6,9,12,14-16,18,21H,4-5,7-8,10-11H2,1-2H3. The second-order valence-electron chi connectivity index (χ2n) is 7.02. The van der Waals surface area contributed by atoms with Gasteiger partial charge in [0.1, 0.15) is 5.82 Å². The Hall–Kier alpha value is -1.13. The average molecular weight is 289 g/mol. The number of rotatable bonds is 5. The molecule has 3 rings (SSSR count). The molecule has 21 heavy (non-hydrogen) atoms. The van der Waals surface area contributed by atoms with Gasteiger partial charge in [0.25, 0.3) is 0 Å². The Balaban J connectivity index is 1.55. The summed E-state index contributed by atoms with van der Waals surface area (Å²) in [4.78, 5) is 6.95. The van der Waals surface area contributed by atoms with Crippen molar-refractivity contribution in [2.75, 3.05) is 24.5 Å². The van der Waals surface area contributed by atoms with Gasteiger partial charge in [0.15, 0.2) is 0 Å². The fourth-order valence-corrected chi connectivity index (χ4v) is 3.64. The number of hydrogen-bond donors (Lipinski definition) is 2. The summed E-state index contributed by atoms with van der Waals surface area (Å²) >= 11 is 0. The molecular formula is C17H27N3O.